The first-order valence-electron chi connectivity index (χ1n) is 9.14. The van der Waals surface area contributed by atoms with Gasteiger partial charge >= 0.3 is 0 Å². The largest absolute Gasteiger partial charge is 0.331 e. The number of guanidine groups is 1. The molecule has 3 rings (SSSR count). The van der Waals surface area contributed by atoms with Gasteiger partial charge in [0.25, 0.3) is 11.8 Å². The molecule has 0 radical (unpaired) electrons. The number of H-pyrrole nitrogens is 1. The van der Waals surface area contributed by atoms with E-state index >= 15 is 0 Å². The van der Waals surface area contributed by atoms with Gasteiger partial charge in [0, 0.05) is 31.1 Å². The molecular weight excluding hydrogens is 402 g/mol. The van der Waals surface area contributed by atoms with Crippen molar-refractivity contribution in [2.45, 2.75) is 6.42 Å². The Hall–Kier alpha value is -4.54. The number of nitro groups is 1. The highest BCUT2D eigenvalue weighted by Crippen LogP contribution is 2.17. The Bertz CT molecular complexity index is 1110. The molecule has 0 saturated heterocycles. The monoisotopic (exact) mass is 421 g/mol. The van der Waals surface area contributed by atoms with E-state index in [0.29, 0.717) is 17.2 Å². The minimum atomic E-state index is -0.511. The van der Waals surface area contributed by atoms with E-state index in [1.54, 1.807) is 30.5 Å². The van der Waals surface area contributed by atoms with Crippen LogP contribution in [0.5, 0.6) is 0 Å². The van der Waals surface area contributed by atoms with E-state index in [1.807, 2.05) is 0 Å². The van der Waals surface area contributed by atoms with Crippen LogP contribution in [0.3, 0.4) is 0 Å². The summed E-state index contributed by atoms with van der Waals surface area (Å²) in [5, 5.41) is 19.1. The number of nitrogens with one attached hydrogen (secondary N) is 4. The van der Waals surface area contributed by atoms with E-state index in [0.717, 1.165) is 0 Å². The minimum Gasteiger partial charge on any atom is -0.331 e. The van der Waals surface area contributed by atoms with Gasteiger partial charge in [0.1, 0.15) is 0 Å². The molecule has 4 N–H and O–H groups in total. The highest BCUT2D eigenvalue weighted by molar-refractivity contribution is 6.14. The van der Waals surface area contributed by atoms with Crippen LogP contribution in [0.15, 0.2) is 77.2 Å². The number of benzene rings is 1. The predicted octanol–water partition coefficient (Wildman–Crippen LogP) is 2.22. The summed E-state index contributed by atoms with van der Waals surface area (Å²) >= 11 is 0. The van der Waals surface area contributed by atoms with Crippen molar-refractivity contribution in [2.24, 2.45) is 4.99 Å². The summed E-state index contributed by atoms with van der Waals surface area (Å²) < 4.78 is 0. The lowest BCUT2D eigenvalue weighted by molar-refractivity contribution is -0.426. The van der Waals surface area contributed by atoms with Crippen molar-refractivity contribution in [3.05, 3.63) is 87.9 Å². The predicted molar refractivity (Wildman–Crippen MR) is 115 cm³/mol. The Morgan fingerprint density at radius 1 is 1.19 bits per heavy atom. The molecule has 31 heavy (non-hydrogen) atoms. The molecule has 1 aromatic carbocycles. The molecule has 0 saturated carbocycles. The fraction of sp³-hybridized carbons (Fsp3) is 0.100. The van der Waals surface area contributed by atoms with Crippen molar-refractivity contribution in [1.29, 1.82) is 0 Å². The van der Waals surface area contributed by atoms with Crippen LogP contribution in [0, 0.1) is 10.1 Å². The first-order chi connectivity index (χ1) is 15.0. The number of nitrogens with zero attached hydrogens (tertiary/aromatic N) is 3. The van der Waals surface area contributed by atoms with Crippen molar-refractivity contribution in [3.63, 3.8) is 0 Å². The third kappa shape index (κ3) is 5.50. The van der Waals surface area contributed by atoms with Gasteiger partial charge in [-0.3, -0.25) is 35.3 Å². The van der Waals surface area contributed by atoms with Crippen LogP contribution in [-0.2, 0) is 4.79 Å². The van der Waals surface area contributed by atoms with Gasteiger partial charge in [0.2, 0.25) is 17.6 Å². The average Bonchev–Trinajstić information content (AvgIpc) is 3.13. The molecule has 1 aliphatic rings. The number of para-hydroxylation sites is 1. The van der Waals surface area contributed by atoms with Gasteiger partial charge in [0.05, 0.1) is 22.6 Å². The second-order valence-corrected chi connectivity index (χ2v) is 6.23. The lowest BCUT2D eigenvalue weighted by Gasteiger charge is -2.14. The molecule has 2 amide bonds. The van der Waals surface area contributed by atoms with Gasteiger partial charge in [-0.1, -0.05) is 24.3 Å². The molecule has 158 valence electrons. The Morgan fingerprint density at radius 3 is 2.71 bits per heavy atom. The second-order valence-electron chi connectivity index (χ2n) is 6.23. The maximum Gasteiger partial charge on any atom is 0.260 e. The summed E-state index contributed by atoms with van der Waals surface area (Å²) in [4.78, 5) is 46.3. The molecule has 11 heteroatoms. The number of rotatable bonds is 5. The van der Waals surface area contributed by atoms with E-state index in [-0.39, 0.29) is 23.7 Å². The second kappa shape index (κ2) is 9.78. The lowest BCUT2D eigenvalue weighted by atomic mass is 10.1. The van der Waals surface area contributed by atoms with Gasteiger partial charge < -0.3 is 10.3 Å². The molecule has 0 unspecified atom stereocenters. The van der Waals surface area contributed by atoms with E-state index in [9.17, 15) is 19.7 Å². The number of allylic oxidation sites excluding steroid dienone is 3. The molecule has 0 atom stereocenters. The molecule has 2 aromatic rings. The zero-order chi connectivity index (χ0) is 22.2. The summed E-state index contributed by atoms with van der Waals surface area (Å²) in [6.45, 7) is 0. The number of carbonyl (C=O) groups is 2. The number of hydrogen-bond acceptors (Lipinski definition) is 6. The number of carbonyl (C=O) groups excluding carboxylic acids is 2. The lowest BCUT2D eigenvalue weighted by Crippen LogP contribution is -2.37. The fourth-order valence-electron chi connectivity index (χ4n) is 2.65. The molecule has 0 fully saturated rings. The van der Waals surface area contributed by atoms with E-state index in [4.69, 9.17) is 0 Å². The normalized spacial score (nSPS) is 13.5. The molecule has 1 aliphatic carbocycles. The van der Waals surface area contributed by atoms with Gasteiger partial charge in [-0.2, -0.15) is 0 Å². The summed E-state index contributed by atoms with van der Waals surface area (Å²) in [7, 11) is 1.47. The Morgan fingerprint density at radius 2 is 2.00 bits per heavy atom. The van der Waals surface area contributed by atoms with Crippen LogP contribution in [-0.4, -0.2) is 39.7 Å². The topological polar surface area (TPSA) is 154 Å². The highest BCUT2D eigenvalue weighted by atomic mass is 16.6. The van der Waals surface area contributed by atoms with E-state index < -0.39 is 16.7 Å². The highest BCUT2D eigenvalue weighted by Gasteiger charge is 2.17. The van der Waals surface area contributed by atoms with Crippen LogP contribution < -0.4 is 16.0 Å². The molecule has 0 aliphatic heterocycles. The van der Waals surface area contributed by atoms with E-state index in [2.05, 4.69) is 30.9 Å². The number of anilines is 2. The smallest absolute Gasteiger partial charge is 0.260 e. The Labute approximate surface area is 176 Å². The fourth-order valence-corrected chi connectivity index (χ4v) is 2.65. The average molecular weight is 421 g/mol. The summed E-state index contributed by atoms with van der Waals surface area (Å²) in [5.41, 5.74) is 0.927. The van der Waals surface area contributed by atoms with Crippen LogP contribution in [0.25, 0.3) is 0 Å². The van der Waals surface area contributed by atoms with Crippen molar-refractivity contribution >= 4 is 29.4 Å². The standard InChI is InChI=1S/C20H19N7O4/c1-21-19(25-17(28)13-5-4-6-14(10-9-13)27(30)31)24-16-8-3-2-7-15(16)18(29)26-20-22-11-12-23-20/h2-5,7-12H,6H2,1H3,(H2,21,24,25,28)(H2,22,23,26,29). The van der Waals surface area contributed by atoms with Gasteiger partial charge in [-0.15, -0.1) is 0 Å². The first kappa shape index (κ1) is 21.2. The number of amides is 2. The van der Waals surface area contributed by atoms with Gasteiger partial charge in [-0.05, 0) is 18.2 Å². The Kier molecular flexibility index (Phi) is 6.68. The third-order valence-corrected chi connectivity index (χ3v) is 4.19. The number of hydrogen-bond donors (Lipinski definition) is 4. The zero-order valence-electron chi connectivity index (χ0n) is 16.5. The van der Waals surface area contributed by atoms with Gasteiger partial charge in [-0.25, -0.2) is 4.98 Å². The first-order valence-corrected chi connectivity index (χ1v) is 9.14. The summed E-state index contributed by atoms with van der Waals surface area (Å²) in [6, 6.07) is 6.69. The number of aliphatic imine (C=N–C) groups is 1. The summed E-state index contributed by atoms with van der Waals surface area (Å²) in [6.07, 6.45) is 8.91. The maximum atomic E-state index is 12.6. The maximum absolute atomic E-state index is 12.6. The van der Waals surface area contributed by atoms with Crippen molar-refractivity contribution < 1.29 is 14.5 Å². The van der Waals surface area contributed by atoms with Crippen LogP contribution >= 0.6 is 0 Å². The molecule has 0 bridgehead atoms. The molecule has 11 nitrogen and oxygen atoms in total. The SMILES string of the molecule is CN=C(NC(=O)C1=CC=C([N+](=O)[O-])CC=C1)Nc1ccccc1C(=O)Nc1ncc[nH]1. The summed E-state index contributed by atoms with van der Waals surface area (Å²) in [5.74, 6) is -0.526. The van der Waals surface area contributed by atoms with Gasteiger partial charge in [0.15, 0.2) is 0 Å². The number of aromatic nitrogens is 2. The number of aromatic amines is 1. The quantitative estimate of drug-likeness (QED) is 0.251. The van der Waals surface area contributed by atoms with Crippen LogP contribution in [0.1, 0.15) is 16.8 Å². The van der Waals surface area contributed by atoms with Crippen LogP contribution in [0.4, 0.5) is 11.6 Å². The molecule has 1 aromatic heterocycles. The molecule has 0 spiro atoms. The Balaban J connectivity index is 1.73. The molecule has 1 heterocycles. The zero-order valence-corrected chi connectivity index (χ0v) is 16.5. The van der Waals surface area contributed by atoms with Crippen LogP contribution in [0.2, 0.25) is 0 Å². The van der Waals surface area contributed by atoms with Crippen molar-refractivity contribution in [3.8, 4) is 0 Å². The van der Waals surface area contributed by atoms with Crippen molar-refractivity contribution in [2.75, 3.05) is 17.7 Å². The molecular formula is C20H19N7O4. The van der Waals surface area contributed by atoms with E-state index in [1.165, 1.54) is 37.5 Å². The van der Waals surface area contributed by atoms with Crippen molar-refractivity contribution in [1.82, 2.24) is 15.3 Å². The minimum absolute atomic E-state index is 0.0157. The number of imidazole rings is 1. The third-order valence-electron chi connectivity index (χ3n) is 4.19.